The molecule has 2 atom stereocenters. The summed E-state index contributed by atoms with van der Waals surface area (Å²) >= 11 is 1.25. The molecule has 16 heavy (non-hydrogen) atoms. The van der Waals surface area contributed by atoms with Crippen molar-refractivity contribution in [3.05, 3.63) is 17.5 Å². The summed E-state index contributed by atoms with van der Waals surface area (Å²) in [5.41, 5.74) is 0. The molecule has 1 aliphatic heterocycles. The molecule has 0 saturated carbocycles. The summed E-state index contributed by atoms with van der Waals surface area (Å²) in [5, 5.41) is 4.98. The number of hydrogen-bond acceptors (Lipinski definition) is 4. The molecule has 1 aromatic heterocycles. The maximum atomic E-state index is 12.0. The molecule has 0 aliphatic carbocycles. The predicted octanol–water partition coefficient (Wildman–Crippen LogP) is 1.02. The van der Waals surface area contributed by atoms with E-state index < -0.39 is 10.0 Å². The molecule has 1 aliphatic rings. The average Bonchev–Trinajstić information content (AvgIpc) is 2.75. The molecule has 6 heteroatoms. The third-order valence-electron chi connectivity index (χ3n) is 2.89. The Morgan fingerprint density at radius 2 is 2.38 bits per heavy atom. The van der Waals surface area contributed by atoms with Crippen molar-refractivity contribution in [1.82, 2.24) is 10.0 Å². The lowest BCUT2D eigenvalue weighted by Gasteiger charge is -2.29. The first-order valence-corrected chi connectivity index (χ1v) is 7.72. The van der Waals surface area contributed by atoms with E-state index in [9.17, 15) is 8.42 Å². The first-order chi connectivity index (χ1) is 7.59. The fraction of sp³-hybridized carbons (Fsp3) is 0.600. The molecule has 2 rings (SSSR count). The van der Waals surface area contributed by atoms with E-state index >= 15 is 0 Å². The van der Waals surface area contributed by atoms with Gasteiger partial charge in [0.2, 0.25) is 10.0 Å². The van der Waals surface area contributed by atoms with Gasteiger partial charge in [0.05, 0.1) is 0 Å². The van der Waals surface area contributed by atoms with Gasteiger partial charge in [0.15, 0.2) is 0 Å². The number of piperidine rings is 1. The van der Waals surface area contributed by atoms with Crippen molar-refractivity contribution in [3.8, 4) is 0 Å². The normalized spacial score (nSPS) is 26.8. The topological polar surface area (TPSA) is 58.2 Å². The minimum absolute atomic E-state index is 0.000787. The summed E-state index contributed by atoms with van der Waals surface area (Å²) in [6, 6.07) is 3.39. The molecule has 1 saturated heterocycles. The van der Waals surface area contributed by atoms with Crippen LogP contribution in [0.1, 0.15) is 13.3 Å². The highest BCUT2D eigenvalue weighted by molar-refractivity contribution is 7.91. The Balaban J connectivity index is 2.09. The Bertz CT molecular complexity index is 428. The highest BCUT2D eigenvalue weighted by Crippen LogP contribution is 2.18. The average molecular weight is 260 g/mol. The van der Waals surface area contributed by atoms with Gasteiger partial charge in [-0.05, 0) is 30.3 Å². The fourth-order valence-electron chi connectivity index (χ4n) is 1.82. The van der Waals surface area contributed by atoms with Crippen LogP contribution in [-0.2, 0) is 10.0 Å². The highest BCUT2D eigenvalue weighted by atomic mass is 32.2. The smallest absolute Gasteiger partial charge is 0.250 e. The van der Waals surface area contributed by atoms with Crippen LogP contribution in [0.2, 0.25) is 0 Å². The summed E-state index contributed by atoms with van der Waals surface area (Å²) in [4.78, 5) is 0. The first-order valence-electron chi connectivity index (χ1n) is 5.36. The SMILES string of the molecule is CC1CCNCC1NS(=O)(=O)c1cccs1. The van der Waals surface area contributed by atoms with Crippen LogP contribution in [0.25, 0.3) is 0 Å². The van der Waals surface area contributed by atoms with E-state index in [-0.39, 0.29) is 6.04 Å². The molecular weight excluding hydrogens is 244 g/mol. The predicted molar refractivity (Wildman–Crippen MR) is 65.1 cm³/mol. The Labute approximate surface area is 100 Å². The lowest BCUT2D eigenvalue weighted by Crippen LogP contribution is -2.49. The zero-order valence-electron chi connectivity index (χ0n) is 9.14. The van der Waals surface area contributed by atoms with Crippen molar-refractivity contribution in [2.24, 2.45) is 5.92 Å². The van der Waals surface area contributed by atoms with E-state index in [1.807, 2.05) is 0 Å². The quantitative estimate of drug-likeness (QED) is 0.853. The van der Waals surface area contributed by atoms with Gasteiger partial charge in [0.1, 0.15) is 4.21 Å². The van der Waals surface area contributed by atoms with E-state index in [1.165, 1.54) is 11.3 Å². The number of thiophene rings is 1. The van der Waals surface area contributed by atoms with E-state index in [0.29, 0.717) is 16.7 Å². The summed E-state index contributed by atoms with van der Waals surface area (Å²) in [7, 11) is -3.32. The molecule has 0 bridgehead atoms. The molecular formula is C10H16N2O2S2. The lowest BCUT2D eigenvalue weighted by atomic mass is 9.96. The fourth-order valence-corrected chi connectivity index (χ4v) is 4.18. The largest absolute Gasteiger partial charge is 0.315 e. The van der Waals surface area contributed by atoms with Crippen LogP contribution in [0.15, 0.2) is 21.7 Å². The van der Waals surface area contributed by atoms with Crippen LogP contribution >= 0.6 is 11.3 Å². The third kappa shape index (κ3) is 2.63. The van der Waals surface area contributed by atoms with Crippen molar-refractivity contribution in [1.29, 1.82) is 0 Å². The van der Waals surface area contributed by atoms with Crippen LogP contribution in [0.5, 0.6) is 0 Å². The second kappa shape index (κ2) is 4.83. The van der Waals surface area contributed by atoms with E-state index in [2.05, 4.69) is 17.0 Å². The monoisotopic (exact) mass is 260 g/mol. The van der Waals surface area contributed by atoms with Gasteiger partial charge in [-0.25, -0.2) is 13.1 Å². The Morgan fingerprint density at radius 3 is 3.00 bits per heavy atom. The number of hydrogen-bond donors (Lipinski definition) is 2. The minimum Gasteiger partial charge on any atom is -0.315 e. The molecule has 0 amide bonds. The maximum Gasteiger partial charge on any atom is 0.250 e. The minimum atomic E-state index is -3.32. The van der Waals surface area contributed by atoms with Gasteiger partial charge in [-0.3, -0.25) is 0 Å². The van der Waals surface area contributed by atoms with Crippen LogP contribution < -0.4 is 10.0 Å². The molecule has 1 aromatic rings. The van der Waals surface area contributed by atoms with Crippen LogP contribution in [-0.4, -0.2) is 27.5 Å². The van der Waals surface area contributed by atoms with Gasteiger partial charge < -0.3 is 5.32 Å². The summed E-state index contributed by atoms with van der Waals surface area (Å²) in [6.07, 6.45) is 1.01. The highest BCUT2D eigenvalue weighted by Gasteiger charge is 2.26. The molecule has 0 spiro atoms. The molecule has 0 radical (unpaired) electrons. The van der Waals surface area contributed by atoms with E-state index in [0.717, 1.165) is 13.0 Å². The summed E-state index contributed by atoms with van der Waals surface area (Å²) in [6.45, 7) is 3.77. The van der Waals surface area contributed by atoms with E-state index in [4.69, 9.17) is 0 Å². The zero-order valence-corrected chi connectivity index (χ0v) is 10.8. The Morgan fingerprint density at radius 1 is 1.56 bits per heavy atom. The molecule has 2 heterocycles. The van der Waals surface area contributed by atoms with Crippen molar-refractivity contribution in [2.75, 3.05) is 13.1 Å². The number of nitrogens with one attached hydrogen (secondary N) is 2. The molecule has 0 aromatic carbocycles. The molecule has 4 nitrogen and oxygen atoms in total. The molecule has 90 valence electrons. The third-order valence-corrected chi connectivity index (χ3v) is 5.78. The van der Waals surface area contributed by atoms with Gasteiger partial charge in [-0.2, -0.15) is 0 Å². The Kier molecular flexibility index (Phi) is 3.63. The second-order valence-electron chi connectivity index (χ2n) is 4.13. The van der Waals surface area contributed by atoms with Crippen molar-refractivity contribution < 1.29 is 8.42 Å². The van der Waals surface area contributed by atoms with Gasteiger partial charge in [-0.15, -0.1) is 11.3 Å². The standard InChI is InChI=1S/C10H16N2O2S2/c1-8-4-5-11-7-9(8)12-16(13,14)10-3-2-6-15-10/h2-3,6,8-9,11-12H,4-5,7H2,1H3. The van der Waals surface area contributed by atoms with Crippen LogP contribution in [0, 0.1) is 5.92 Å². The number of rotatable bonds is 3. The van der Waals surface area contributed by atoms with Gasteiger partial charge in [0, 0.05) is 12.6 Å². The van der Waals surface area contributed by atoms with Gasteiger partial charge in [0.25, 0.3) is 0 Å². The lowest BCUT2D eigenvalue weighted by molar-refractivity contribution is 0.327. The van der Waals surface area contributed by atoms with Crippen LogP contribution in [0.3, 0.4) is 0 Å². The number of sulfonamides is 1. The maximum absolute atomic E-state index is 12.0. The zero-order chi connectivity index (χ0) is 11.6. The molecule has 1 fully saturated rings. The summed E-state index contributed by atoms with van der Waals surface area (Å²) in [5.74, 6) is 0.385. The van der Waals surface area contributed by atoms with Crippen molar-refractivity contribution in [2.45, 2.75) is 23.6 Å². The summed E-state index contributed by atoms with van der Waals surface area (Å²) < 4.78 is 27.1. The second-order valence-corrected chi connectivity index (χ2v) is 7.02. The first kappa shape index (κ1) is 12.0. The van der Waals surface area contributed by atoms with Crippen LogP contribution in [0.4, 0.5) is 0 Å². The van der Waals surface area contributed by atoms with Crippen molar-refractivity contribution >= 4 is 21.4 Å². The van der Waals surface area contributed by atoms with Gasteiger partial charge >= 0.3 is 0 Å². The molecule has 2 N–H and O–H groups in total. The van der Waals surface area contributed by atoms with Gasteiger partial charge in [-0.1, -0.05) is 13.0 Å². The van der Waals surface area contributed by atoms with Crippen molar-refractivity contribution in [3.63, 3.8) is 0 Å². The Hall–Kier alpha value is -0.430. The molecule has 2 unspecified atom stereocenters. The van der Waals surface area contributed by atoms with E-state index in [1.54, 1.807) is 17.5 Å².